The van der Waals surface area contributed by atoms with Crippen molar-refractivity contribution in [3.63, 3.8) is 0 Å². The summed E-state index contributed by atoms with van der Waals surface area (Å²) in [4.78, 5) is 11.9. The molecule has 0 aliphatic carbocycles. The Hall–Kier alpha value is -1.91. The summed E-state index contributed by atoms with van der Waals surface area (Å²) in [5.74, 6) is -0.866. The van der Waals surface area contributed by atoms with Crippen molar-refractivity contribution >= 4 is 23.2 Å². The number of anilines is 1. The summed E-state index contributed by atoms with van der Waals surface area (Å²) in [6.07, 6.45) is 0.432. The standard InChI is InChI=1S/C15H14ClFN2O/c16-12-9-11(6-7-13(12)17)19-15(20)14(18)8-10-4-2-1-3-5-10/h1-7,9,14H,8,18H2,(H,19,20)/t14-/m0/s1. The molecule has 0 saturated carbocycles. The molecule has 20 heavy (non-hydrogen) atoms. The van der Waals surface area contributed by atoms with Gasteiger partial charge in [0, 0.05) is 5.69 Å². The molecule has 0 aliphatic rings. The minimum absolute atomic E-state index is 0.0422. The maximum Gasteiger partial charge on any atom is 0.241 e. The van der Waals surface area contributed by atoms with Gasteiger partial charge in [0.1, 0.15) is 5.82 Å². The number of hydrogen-bond acceptors (Lipinski definition) is 2. The summed E-state index contributed by atoms with van der Waals surface area (Å²) in [6, 6.07) is 12.8. The highest BCUT2D eigenvalue weighted by molar-refractivity contribution is 6.31. The highest BCUT2D eigenvalue weighted by Crippen LogP contribution is 2.19. The fourth-order valence-corrected chi connectivity index (χ4v) is 1.95. The van der Waals surface area contributed by atoms with Gasteiger partial charge in [0.2, 0.25) is 5.91 Å². The van der Waals surface area contributed by atoms with Crippen molar-refractivity contribution in [3.8, 4) is 0 Å². The van der Waals surface area contributed by atoms with Gasteiger partial charge in [-0.1, -0.05) is 41.9 Å². The number of carbonyl (C=O) groups excluding carboxylic acids is 1. The number of benzene rings is 2. The normalized spacial score (nSPS) is 11.9. The molecule has 1 atom stereocenters. The van der Waals surface area contributed by atoms with Gasteiger partial charge in [-0.25, -0.2) is 4.39 Å². The van der Waals surface area contributed by atoms with Gasteiger partial charge in [-0.15, -0.1) is 0 Å². The highest BCUT2D eigenvalue weighted by atomic mass is 35.5. The van der Waals surface area contributed by atoms with Gasteiger partial charge >= 0.3 is 0 Å². The Morgan fingerprint density at radius 1 is 1.25 bits per heavy atom. The van der Waals surface area contributed by atoms with Crippen LogP contribution in [0.1, 0.15) is 5.56 Å². The molecule has 3 nitrogen and oxygen atoms in total. The smallest absolute Gasteiger partial charge is 0.241 e. The van der Waals surface area contributed by atoms with E-state index in [-0.39, 0.29) is 10.9 Å². The van der Waals surface area contributed by atoms with Gasteiger partial charge in [-0.05, 0) is 30.2 Å². The Morgan fingerprint density at radius 3 is 2.60 bits per heavy atom. The number of carbonyl (C=O) groups is 1. The van der Waals surface area contributed by atoms with E-state index >= 15 is 0 Å². The lowest BCUT2D eigenvalue weighted by atomic mass is 10.1. The lowest BCUT2D eigenvalue weighted by molar-refractivity contribution is -0.117. The van der Waals surface area contributed by atoms with E-state index in [0.717, 1.165) is 5.56 Å². The van der Waals surface area contributed by atoms with Crippen LogP contribution in [0.2, 0.25) is 5.02 Å². The van der Waals surface area contributed by atoms with E-state index in [1.54, 1.807) is 0 Å². The molecule has 104 valence electrons. The van der Waals surface area contributed by atoms with Crippen LogP contribution in [0, 0.1) is 5.82 Å². The van der Waals surface area contributed by atoms with Crippen molar-refractivity contribution in [1.29, 1.82) is 0 Å². The average Bonchev–Trinajstić information content (AvgIpc) is 2.44. The molecule has 2 aromatic rings. The van der Waals surface area contributed by atoms with Gasteiger partial charge in [0.05, 0.1) is 11.1 Å². The predicted octanol–water partition coefficient (Wildman–Crippen LogP) is 2.99. The molecule has 0 aliphatic heterocycles. The quantitative estimate of drug-likeness (QED) is 0.910. The molecule has 5 heteroatoms. The number of hydrogen-bond donors (Lipinski definition) is 2. The molecule has 0 bridgehead atoms. The molecule has 2 rings (SSSR count). The number of halogens is 2. The maximum absolute atomic E-state index is 13.0. The SMILES string of the molecule is N[C@@H](Cc1ccccc1)C(=O)Nc1ccc(F)c(Cl)c1. The van der Waals surface area contributed by atoms with E-state index in [1.165, 1.54) is 18.2 Å². The summed E-state index contributed by atoms with van der Waals surface area (Å²) in [7, 11) is 0. The number of nitrogens with one attached hydrogen (secondary N) is 1. The number of amides is 1. The van der Waals surface area contributed by atoms with Gasteiger partial charge < -0.3 is 11.1 Å². The largest absolute Gasteiger partial charge is 0.325 e. The van der Waals surface area contributed by atoms with Crippen molar-refractivity contribution < 1.29 is 9.18 Å². The van der Waals surface area contributed by atoms with E-state index in [4.69, 9.17) is 17.3 Å². The molecule has 0 aromatic heterocycles. The third kappa shape index (κ3) is 3.79. The molecule has 0 radical (unpaired) electrons. The maximum atomic E-state index is 13.0. The molecule has 0 saturated heterocycles. The van der Waals surface area contributed by atoms with E-state index in [0.29, 0.717) is 12.1 Å². The zero-order valence-electron chi connectivity index (χ0n) is 10.6. The van der Waals surface area contributed by atoms with Gasteiger partial charge in [-0.2, -0.15) is 0 Å². The van der Waals surface area contributed by atoms with Crippen LogP contribution in [0.5, 0.6) is 0 Å². The van der Waals surface area contributed by atoms with Crippen LogP contribution in [0.3, 0.4) is 0 Å². The van der Waals surface area contributed by atoms with Gasteiger partial charge in [0.15, 0.2) is 0 Å². The van der Waals surface area contributed by atoms with Crippen LogP contribution < -0.4 is 11.1 Å². The van der Waals surface area contributed by atoms with Crippen molar-refractivity contribution in [2.45, 2.75) is 12.5 Å². The molecule has 3 N–H and O–H groups in total. The molecular weight excluding hydrogens is 279 g/mol. The third-order valence-corrected chi connectivity index (χ3v) is 3.11. The minimum Gasteiger partial charge on any atom is -0.325 e. The summed E-state index contributed by atoms with van der Waals surface area (Å²) < 4.78 is 13.0. The second-order valence-electron chi connectivity index (χ2n) is 4.41. The van der Waals surface area contributed by atoms with Crippen molar-refractivity contribution in [2.24, 2.45) is 5.73 Å². The monoisotopic (exact) mass is 292 g/mol. The Balaban J connectivity index is 1.99. The number of nitrogens with two attached hydrogens (primary N) is 1. The summed E-state index contributed by atoms with van der Waals surface area (Å²) in [5.41, 5.74) is 7.25. The minimum atomic E-state index is -0.679. The second-order valence-corrected chi connectivity index (χ2v) is 4.82. The van der Waals surface area contributed by atoms with Crippen molar-refractivity contribution in [1.82, 2.24) is 0 Å². The van der Waals surface area contributed by atoms with E-state index in [2.05, 4.69) is 5.32 Å². The zero-order chi connectivity index (χ0) is 14.5. The van der Waals surface area contributed by atoms with E-state index in [9.17, 15) is 9.18 Å². The number of rotatable bonds is 4. The first-order valence-electron chi connectivity index (χ1n) is 6.11. The fourth-order valence-electron chi connectivity index (χ4n) is 1.77. The second kappa shape index (κ2) is 6.50. The predicted molar refractivity (Wildman–Crippen MR) is 78.2 cm³/mol. The lowest BCUT2D eigenvalue weighted by Gasteiger charge is -2.12. The first-order valence-corrected chi connectivity index (χ1v) is 6.49. The van der Waals surface area contributed by atoms with Gasteiger partial charge in [0.25, 0.3) is 0 Å². The van der Waals surface area contributed by atoms with Crippen LogP contribution >= 0.6 is 11.6 Å². The van der Waals surface area contributed by atoms with Crippen LogP contribution in [0.15, 0.2) is 48.5 Å². The Bertz CT molecular complexity index is 604. The Morgan fingerprint density at radius 2 is 1.95 bits per heavy atom. The van der Waals surface area contributed by atoms with Gasteiger partial charge in [-0.3, -0.25) is 4.79 Å². The van der Waals surface area contributed by atoms with E-state index < -0.39 is 11.9 Å². The summed E-state index contributed by atoms with van der Waals surface area (Å²) in [5, 5.41) is 2.57. The zero-order valence-corrected chi connectivity index (χ0v) is 11.4. The summed E-state index contributed by atoms with van der Waals surface area (Å²) in [6.45, 7) is 0. The Labute approximate surface area is 121 Å². The van der Waals surface area contributed by atoms with E-state index in [1.807, 2.05) is 30.3 Å². The fraction of sp³-hybridized carbons (Fsp3) is 0.133. The Kier molecular flexibility index (Phi) is 4.71. The summed E-state index contributed by atoms with van der Waals surface area (Å²) >= 11 is 5.65. The highest BCUT2D eigenvalue weighted by Gasteiger charge is 2.14. The molecule has 1 amide bonds. The van der Waals surface area contributed by atoms with Crippen LogP contribution in [-0.4, -0.2) is 11.9 Å². The molecule has 0 fully saturated rings. The topological polar surface area (TPSA) is 55.1 Å². The molecule has 0 heterocycles. The average molecular weight is 293 g/mol. The molecule has 2 aromatic carbocycles. The molecular formula is C15H14ClFN2O. The first-order chi connectivity index (χ1) is 9.56. The molecule has 0 spiro atoms. The molecule has 0 unspecified atom stereocenters. The third-order valence-electron chi connectivity index (χ3n) is 2.82. The van der Waals surface area contributed by atoms with Crippen molar-refractivity contribution in [3.05, 3.63) is 64.9 Å². The van der Waals surface area contributed by atoms with Crippen molar-refractivity contribution in [2.75, 3.05) is 5.32 Å². The first kappa shape index (κ1) is 14.5. The lowest BCUT2D eigenvalue weighted by Crippen LogP contribution is -2.37. The van der Waals surface area contributed by atoms with Crippen LogP contribution in [0.25, 0.3) is 0 Å². The van der Waals surface area contributed by atoms with Crippen LogP contribution in [-0.2, 0) is 11.2 Å². The van der Waals surface area contributed by atoms with Crippen LogP contribution in [0.4, 0.5) is 10.1 Å².